The molecule has 1 amide bonds. The highest BCUT2D eigenvalue weighted by Crippen LogP contribution is 2.35. The number of carbonyl (C=O) groups excluding carboxylic acids is 1. The van der Waals surface area contributed by atoms with Gasteiger partial charge in [-0.15, -0.1) is 0 Å². The number of sulfonamides is 1. The van der Waals surface area contributed by atoms with E-state index in [9.17, 15) is 26.4 Å². The molecule has 1 aromatic carbocycles. The van der Waals surface area contributed by atoms with Crippen molar-refractivity contribution in [3.63, 3.8) is 0 Å². The van der Waals surface area contributed by atoms with Crippen molar-refractivity contribution in [3.05, 3.63) is 29.3 Å². The molecule has 0 aromatic heterocycles. The van der Waals surface area contributed by atoms with E-state index in [2.05, 4.69) is 5.32 Å². The van der Waals surface area contributed by atoms with Crippen LogP contribution in [-0.4, -0.2) is 57.1 Å². The maximum Gasteiger partial charge on any atom is 0.417 e. The van der Waals surface area contributed by atoms with E-state index < -0.39 is 39.3 Å². The molecule has 1 N–H and O–H groups in total. The Morgan fingerprint density at radius 3 is 2.56 bits per heavy atom. The molecule has 2 rings (SSSR count). The summed E-state index contributed by atoms with van der Waals surface area (Å²) in [7, 11) is -2.17. The molecular formula is C16H19F3N4O3S. The molecule has 11 heteroatoms. The Morgan fingerprint density at radius 2 is 2.04 bits per heavy atom. The monoisotopic (exact) mass is 404 g/mol. The number of anilines is 1. The van der Waals surface area contributed by atoms with E-state index in [1.54, 1.807) is 0 Å². The zero-order valence-corrected chi connectivity index (χ0v) is 15.6. The molecule has 0 bridgehead atoms. The van der Waals surface area contributed by atoms with E-state index in [4.69, 9.17) is 5.26 Å². The molecule has 0 radical (unpaired) electrons. The van der Waals surface area contributed by atoms with Crippen molar-refractivity contribution in [2.45, 2.75) is 19.1 Å². The van der Waals surface area contributed by atoms with Crippen LogP contribution in [0.4, 0.5) is 18.9 Å². The van der Waals surface area contributed by atoms with Crippen molar-refractivity contribution in [2.75, 3.05) is 37.3 Å². The van der Waals surface area contributed by atoms with Crippen molar-refractivity contribution >= 4 is 21.6 Å². The van der Waals surface area contributed by atoms with Gasteiger partial charge in [0.1, 0.15) is 6.04 Å². The molecule has 1 fully saturated rings. The zero-order valence-electron chi connectivity index (χ0n) is 14.7. The van der Waals surface area contributed by atoms with Crippen molar-refractivity contribution in [1.82, 2.24) is 9.62 Å². The topological polar surface area (TPSA) is 93.5 Å². The number of amides is 1. The number of nitrogens with zero attached hydrogens (tertiary/aromatic N) is 3. The van der Waals surface area contributed by atoms with Gasteiger partial charge in [-0.05, 0) is 25.1 Å². The van der Waals surface area contributed by atoms with Crippen molar-refractivity contribution in [3.8, 4) is 6.07 Å². The fourth-order valence-electron chi connectivity index (χ4n) is 2.94. The summed E-state index contributed by atoms with van der Waals surface area (Å²) in [6.45, 7) is 1.40. The fraction of sp³-hybridized carbons (Fsp3) is 0.500. The quantitative estimate of drug-likeness (QED) is 0.813. The van der Waals surface area contributed by atoms with E-state index in [1.165, 1.54) is 31.0 Å². The van der Waals surface area contributed by atoms with Crippen molar-refractivity contribution < 1.29 is 26.4 Å². The number of hydrogen-bond donors (Lipinski definition) is 1. The summed E-state index contributed by atoms with van der Waals surface area (Å²) in [4.78, 5) is 13.7. The van der Waals surface area contributed by atoms with Gasteiger partial charge in [0.2, 0.25) is 15.9 Å². The second-order valence-electron chi connectivity index (χ2n) is 5.92. The SMILES string of the molecule is CCS(=O)(=O)N1CCN(c2ccc(C#N)c(C(F)(F)F)c2)C(C(=O)NC)C1. The minimum atomic E-state index is -4.73. The molecule has 0 saturated carbocycles. The summed E-state index contributed by atoms with van der Waals surface area (Å²) in [6.07, 6.45) is -4.73. The van der Waals surface area contributed by atoms with Gasteiger partial charge in [-0.2, -0.15) is 22.7 Å². The summed E-state index contributed by atoms with van der Waals surface area (Å²) in [5.74, 6) is -0.647. The Balaban J connectivity index is 2.45. The molecule has 0 spiro atoms. The first kappa shape index (κ1) is 21.0. The highest BCUT2D eigenvalue weighted by molar-refractivity contribution is 7.89. The Hall–Kier alpha value is -2.32. The molecular weight excluding hydrogens is 385 g/mol. The maximum atomic E-state index is 13.2. The minimum absolute atomic E-state index is 0.0422. The highest BCUT2D eigenvalue weighted by atomic mass is 32.2. The third kappa shape index (κ3) is 4.33. The first-order chi connectivity index (χ1) is 12.5. The number of likely N-dealkylation sites (N-methyl/N-ethyl adjacent to an activating group) is 1. The van der Waals surface area contributed by atoms with Crippen LogP contribution in [-0.2, 0) is 21.0 Å². The van der Waals surface area contributed by atoms with Gasteiger partial charge in [0.25, 0.3) is 0 Å². The molecule has 1 heterocycles. The van der Waals surface area contributed by atoms with Gasteiger partial charge in [0.05, 0.1) is 22.9 Å². The Kier molecular flexibility index (Phi) is 6.01. The zero-order chi connectivity index (χ0) is 20.4. The smallest absolute Gasteiger partial charge is 0.357 e. The number of benzene rings is 1. The molecule has 1 aliphatic heterocycles. The lowest BCUT2D eigenvalue weighted by Gasteiger charge is -2.41. The number of hydrogen-bond acceptors (Lipinski definition) is 5. The van der Waals surface area contributed by atoms with Crippen LogP contribution < -0.4 is 10.2 Å². The van der Waals surface area contributed by atoms with E-state index >= 15 is 0 Å². The molecule has 7 nitrogen and oxygen atoms in total. The Bertz CT molecular complexity index is 865. The number of alkyl halides is 3. The van der Waals surface area contributed by atoms with E-state index in [0.717, 1.165) is 16.4 Å². The molecule has 1 aliphatic rings. The van der Waals surface area contributed by atoms with Crippen molar-refractivity contribution in [2.24, 2.45) is 0 Å². The molecule has 0 aliphatic carbocycles. The average Bonchev–Trinajstić information content (AvgIpc) is 2.65. The molecule has 1 atom stereocenters. The van der Waals surface area contributed by atoms with Crippen LogP contribution >= 0.6 is 0 Å². The average molecular weight is 404 g/mol. The van der Waals surface area contributed by atoms with Gasteiger partial charge in [0, 0.05) is 32.4 Å². The second kappa shape index (κ2) is 7.74. The molecule has 1 unspecified atom stereocenters. The largest absolute Gasteiger partial charge is 0.417 e. The van der Waals surface area contributed by atoms with Gasteiger partial charge >= 0.3 is 6.18 Å². The first-order valence-corrected chi connectivity index (χ1v) is 9.73. The van der Waals surface area contributed by atoms with E-state index in [-0.39, 0.29) is 31.1 Å². The number of piperazine rings is 1. The molecule has 27 heavy (non-hydrogen) atoms. The van der Waals surface area contributed by atoms with Gasteiger partial charge < -0.3 is 10.2 Å². The van der Waals surface area contributed by atoms with Crippen molar-refractivity contribution in [1.29, 1.82) is 5.26 Å². The van der Waals surface area contributed by atoms with Gasteiger partial charge in [-0.25, -0.2) is 8.42 Å². The number of nitrogens with one attached hydrogen (secondary N) is 1. The number of nitriles is 1. The second-order valence-corrected chi connectivity index (χ2v) is 8.18. The predicted octanol–water partition coefficient (Wildman–Crippen LogP) is 1.16. The summed E-state index contributed by atoms with van der Waals surface area (Å²) in [5.41, 5.74) is -1.51. The fourth-order valence-corrected chi connectivity index (χ4v) is 4.03. The van der Waals surface area contributed by atoms with Crippen LogP contribution in [0.1, 0.15) is 18.1 Å². The van der Waals surface area contributed by atoms with Crippen LogP contribution in [0, 0.1) is 11.3 Å². The maximum absolute atomic E-state index is 13.2. The minimum Gasteiger partial charge on any atom is -0.357 e. The third-order valence-corrected chi connectivity index (χ3v) is 6.26. The van der Waals surface area contributed by atoms with E-state index in [0.29, 0.717) is 0 Å². The standard InChI is InChI=1S/C16H19F3N4O3S/c1-3-27(25,26)22-6-7-23(14(10-22)15(24)21-2)12-5-4-11(9-20)13(8-12)16(17,18)19/h4-5,8,14H,3,6-7,10H2,1-2H3,(H,21,24). The van der Waals surface area contributed by atoms with Crippen LogP contribution in [0.25, 0.3) is 0 Å². The molecule has 1 aromatic rings. The lowest BCUT2D eigenvalue weighted by atomic mass is 10.0. The lowest BCUT2D eigenvalue weighted by Crippen LogP contribution is -2.60. The van der Waals surface area contributed by atoms with Gasteiger partial charge in [0.15, 0.2) is 0 Å². The normalized spacial score (nSPS) is 18.8. The number of carbonyl (C=O) groups is 1. The van der Waals surface area contributed by atoms with Crippen LogP contribution in [0.5, 0.6) is 0 Å². The van der Waals surface area contributed by atoms with Crippen LogP contribution in [0.2, 0.25) is 0 Å². The summed E-state index contributed by atoms with van der Waals surface area (Å²) < 4.78 is 65.1. The predicted molar refractivity (Wildman–Crippen MR) is 92.4 cm³/mol. The lowest BCUT2D eigenvalue weighted by molar-refractivity contribution is -0.137. The van der Waals surface area contributed by atoms with Crippen LogP contribution in [0.3, 0.4) is 0 Å². The summed E-state index contributed by atoms with van der Waals surface area (Å²) in [5, 5.41) is 11.3. The van der Waals surface area contributed by atoms with E-state index in [1.807, 2.05) is 0 Å². The Morgan fingerprint density at radius 1 is 1.37 bits per heavy atom. The number of halogens is 3. The highest BCUT2D eigenvalue weighted by Gasteiger charge is 2.38. The Labute approximate surface area is 155 Å². The number of rotatable bonds is 4. The summed E-state index contributed by atoms with van der Waals surface area (Å²) >= 11 is 0. The van der Waals surface area contributed by atoms with Crippen LogP contribution in [0.15, 0.2) is 18.2 Å². The summed E-state index contributed by atoms with van der Waals surface area (Å²) in [6, 6.07) is 3.71. The molecule has 148 valence electrons. The molecule has 1 saturated heterocycles. The van der Waals surface area contributed by atoms with Gasteiger partial charge in [-0.1, -0.05) is 0 Å². The first-order valence-electron chi connectivity index (χ1n) is 8.12. The van der Waals surface area contributed by atoms with Gasteiger partial charge in [-0.3, -0.25) is 4.79 Å². The third-order valence-electron chi connectivity index (χ3n) is 4.41.